The maximum Gasteiger partial charge on any atom is 0.144 e. The van der Waals surface area contributed by atoms with E-state index in [1.165, 1.54) is 32.1 Å². The van der Waals surface area contributed by atoms with Crippen LogP contribution in [0.25, 0.3) is 11.0 Å². The molecule has 0 radical (unpaired) electrons. The summed E-state index contributed by atoms with van der Waals surface area (Å²) in [6.07, 6.45) is 10.5. The Hall–Kier alpha value is -1.09. The summed E-state index contributed by atoms with van der Waals surface area (Å²) in [5.41, 5.74) is 0.968. The van der Waals surface area contributed by atoms with Crippen molar-refractivity contribution < 1.29 is 0 Å². The molecule has 0 aliphatic heterocycles. The van der Waals surface area contributed by atoms with E-state index in [1.807, 2.05) is 6.07 Å². The van der Waals surface area contributed by atoms with Gasteiger partial charge < -0.3 is 4.57 Å². The van der Waals surface area contributed by atoms with Gasteiger partial charge in [0.1, 0.15) is 17.1 Å². The molecule has 90 valence electrons. The van der Waals surface area contributed by atoms with Gasteiger partial charge in [0.25, 0.3) is 0 Å². The second-order valence-corrected chi connectivity index (χ2v) is 5.23. The minimum Gasteiger partial charge on any atom is -0.332 e. The standard InChI is InChI=1S/C13H16ClN3/c14-12-11-6-7-17(13(11)16-9-15-12)8-10-4-2-1-3-5-10/h6-7,9-10H,1-5,8H2. The van der Waals surface area contributed by atoms with Crippen molar-refractivity contribution >= 4 is 22.6 Å². The molecular weight excluding hydrogens is 234 g/mol. The lowest BCUT2D eigenvalue weighted by Gasteiger charge is -2.22. The molecule has 2 aromatic heterocycles. The van der Waals surface area contributed by atoms with Crippen molar-refractivity contribution in [3.63, 3.8) is 0 Å². The van der Waals surface area contributed by atoms with Crippen molar-refractivity contribution in [2.45, 2.75) is 38.6 Å². The minimum absolute atomic E-state index is 0.553. The summed E-state index contributed by atoms with van der Waals surface area (Å²) in [7, 11) is 0. The largest absolute Gasteiger partial charge is 0.332 e. The van der Waals surface area contributed by atoms with Gasteiger partial charge >= 0.3 is 0 Å². The predicted molar refractivity (Wildman–Crippen MR) is 69.1 cm³/mol. The topological polar surface area (TPSA) is 30.7 Å². The van der Waals surface area contributed by atoms with Crippen LogP contribution in [0.15, 0.2) is 18.6 Å². The fraction of sp³-hybridized carbons (Fsp3) is 0.538. The quantitative estimate of drug-likeness (QED) is 0.761. The van der Waals surface area contributed by atoms with Crippen molar-refractivity contribution in [1.82, 2.24) is 14.5 Å². The molecule has 2 aromatic rings. The van der Waals surface area contributed by atoms with Gasteiger partial charge in [-0.1, -0.05) is 30.9 Å². The summed E-state index contributed by atoms with van der Waals surface area (Å²) >= 11 is 6.05. The van der Waals surface area contributed by atoms with Crippen LogP contribution in [0.4, 0.5) is 0 Å². The lowest BCUT2D eigenvalue weighted by molar-refractivity contribution is 0.322. The van der Waals surface area contributed by atoms with Crippen molar-refractivity contribution in [3.8, 4) is 0 Å². The van der Waals surface area contributed by atoms with Crippen molar-refractivity contribution in [1.29, 1.82) is 0 Å². The molecule has 1 saturated carbocycles. The van der Waals surface area contributed by atoms with Gasteiger partial charge in [0.15, 0.2) is 0 Å². The third kappa shape index (κ3) is 2.16. The lowest BCUT2D eigenvalue weighted by Crippen LogP contribution is -2.13. The molecule has 1 fully saturated rings. The first-order valence-electron chi connectivity index (χ1n) is 6.30. The summed E-state index contributed by atoms with van der Waals surface area (Å²) in [5, 5.41) is 1.52. The molecule has 2 heterocycles. The molecule has 0 atom stereocenters. The van der Waals surface area contributed by atoms with E-state index in [-0.39, 0.29) is 0 Å². The number of hydrogen-bond donors (Lipinski definition) is 0. The van der Waals surface area contributed by atoms with E-state index in [1.54, 1.807) is 6.33 Å². The fourth-order valence-corrected chi connectivity index (χ4v) is 2.96. The Morgan fingerprint density at radius 2 is 2.06 bits per heavy atom. The van der Waals surface area contributed by atoms with Crippen molar-refractivity contribution in [2.75, 3.05) is 0 Å². The first-order chi connectivity index (χ1) is 8.34. The van der Waals surface area contributed by atoms with Crippen molar-refractivity contribution in [2.24, 2.45) is 5.92 Å². The molecule has 3 rings (SSSR count). The maximum absolute atomic E-state index is 6.05. The Bertz CT molecular complexity index is 514. The summed E-state index contributed by atoms with van der Waals surface area (Å²) in [5.74, 6) is 0.799. The van der Waals surface area contributed by atoms with Gasteiger partial charge in [-0.3, -0.25) is 0 Å². The van der Waals surface area contributed by atoms with Crippen LogP contribution < -0.4 is 0 Å². The second kappa shape index (κ2) is 4.65. The minimum atomic E-state index is 0.553. The highest BCUT2D eigenvalue weighted by molar-refractivity contribution is 6.33. The van der Waals surface area contributed by atoms with Crippen LogP contribution in [0.5, 0.6) is 0 Å². The van der Waals surface area contributed by atoms with Crippen LogP contribution in [0.2, 0.25) is 5.15 Å². The van der Waals surface area contributed by atoms with Crippen LogP contribution in [-0.4, -0.2) is 14.5 Å². The van der Waals surface area contributed by atoms with E-state index in [4.69, 9.17) is 11.6 Å². The molecule has 1 aliphatic rings. The second-order valence-electron chi connectivity index (χ2n) is 4.87. The zero-order chi connectivity index (χ0) is 11.7. The third-order valence-corrected chi connectivity index (χ3v) is 3.99. The van der Waals surface area contributed by atoms with Gasteiger partial charge in [0.2, 0.25) is 0 Å². The molecule has 0 aromatic carbocycles. The Labute approximate surface area is 106 Å². The Morgan fingerprint density at radius 1 is 1.24 bits per heavy atom. The normalized spacial score (nSPS) is 17.7. The molecule has 0 N–H and O–H groups in total. The molecule has 17 heavy (non-hydrogen) atoms. The molecule has 3 nitrogen and oxygen atoms in total. The Kier molecular flexibility index (Phi) is 3.02. The SMILES string of the molecule is Clc1ncnc2c1ccn2CC1CCCCC1. The van der Waals surface area contributed by atoms with Gasteiger partial charge in [0.05, 0.1) is 5.39 Å². The average Bonchev–Trinajstić information content (AvgIpc) is 2.76. The molecule has 0 spiro atoms. The van der Waals surface area contributed by atoms with Gasteiger partial charge in [-0.25, -0.2) is 9.97 Å². The summed E-state index contributed by atoms with van der Waals surface area (Å²) in [4.78, 5) is 8.34. The third-order valence-electron chi connectivity index (χ3n) is 3.69. The molecule has 0 bridgehead atoms. The first kappa shape index (κ1) is 11.0. The number of halogens is 1. The summed E-state index contributed by atoms with van der Waals surface area (Å²) < 4.78 is 2.22. The predicted octanol–water partition coefficient (Wildman–Crippen LogP) is 3.67. The summed E-state index contributed by atoms with van der Waals surface area (Å²) in [6.45, 7) is 1.07. The number of nitrogens with zero attached hydrogens (tertiary/aromatic N) is 3. The van der Waals surface area contributed by atoms with E-state index < -0.39 is 0 Å². The van der Waals surface area contributed by atoms with Crippen LogP contribution >= 0.6 is 11.6 Å². The van der Waals surface area contributed by atoms with Gasteiger partial charge in [-0.05, 0) is 24.8 Å². The smallest absolute Gasteiger partial charge is 0.144 e. The highest BCUT2D eigenvalue weighted by atomic mass is 35.5. The Morgan fingerprint density at radius 3 is 2.88 bits per heavy atom. The molecule has 0 unspecified atom stereocenters. The van der Waals surface area contributed by atoms with Crippen LogP contribution in [0.1, 0.15) is 32.1 Å². The summed E-state index contributed by atoms with van der Waals surface area (Å²) in [6, 6.07) is 2.01. The Balaban J connectivity index is 1.87. The lowest BCUT2D eigenvalue weighted by atomic mass is 9.89. The van der Waals surface area contributed by atoms with Gasteiger partial charge in [-0.15, -0.1) is 0 Å². The molecule has 1 aliphatic carbocycles. The molecule has 0 amide bonds. The number of hydrogen-bond acceptors (Lipinski definition) is 2. The molecule has 4 heteroatoms. The van der Waals surface area contributed by atoms with E-state index >= 15 is 0 Å². The van der Waals surface area contributed by atoms with Gasteiger partial charge in [0, 0.05) is 12.7 Å². The van der Waals surface area contributed by atoms with E-state index in [9.17, 15) is 0 Å². The van der Waals surface area contributed by atoms with E-state index in [0.29, 0.717) is 5.15 Å². The van der Waals surface area contributed by atoms with E-state index in [0.717, 1.165) is 23.5 Å². The highest BCUT2D eigenvalue weighted by Gasteiger charge is 2.15. The number of aromatic nitrogens is 3. The van der Waals surface area contributed by atoms with Crippen LogP contribution in [-0.2, 0) is 6.54 Å². The van der Waals surface area contributed by atoms with Crippen LogP contribution in [0.3, 0.4) is 0 Å². The zero-order valence-electron chi connectivity index (χ0n) is 9.77. The fourth-order valence-electron chi connectivity index (χ4n) is 2.77. The highest BCUT2D eigenvalue weighted by Crippen LogP contribution is 2.27. The van der Waals surface area contributed by atoms with Crippen molar-refractivity contribution in [3.05, 3.63) is 23.7 Å². The average molecular weight is 250 g/mol. The zero-order valence-corrected chi connectivity index (χ0v) is 10.5. The number of fused-ring (bicyclic) bond motifs is 1. The molecule has 0 saturated heterocycles. The van der Waals surface area contributed by atoms with Gasteiger partial charge in [-0.2, -0.15) is 0 Å². The number of rotatable bonds is 2. The van der Waals surface area contributed by atoms with E-state index in [2.05, 4.69) is 20.7 Å². The maximum atomic E-state index is 6.05. The first-order valence-corrected chi connectivity index (χ1v) is 6.68. The monoisotopic (exact) mass is 249 g/mol. The van der Waals surface area contributed by atoms with Crippen LogP contribution in [0, 0.1) is 5.92 Å². The molecular formula is C13H16ClN3.